The Kier molecular flexibility index (Phi) is 3.95. The largest absolute Gasteiger partial charge is 0.486 e. The minimum absolute atomic E-state index is 0.141. The van der Waals surface area contributed by atoms with Gasteiger partial charge in [0.25, 0.3) is 5.78 Å². The summed E-state index contributed by atoms with van der Waals surface area (Å²) in [7, 11) is 0. The molecule has 0 atom stereocenters. The molecule has 2 rings (SSSR count). The van der Waals surface area contributed by atoms with Crippen molar-refractivity contribution in [3.05, 3.63) is 22.2 Å². The molecule has 0 unspecified atom stereocenters. The number of halogens is 1. The predicted octanol–water partition coefficient (Wildman–Crippen LogP) is 2.17. The third-order valence-electron chi connectivity index (χ3n) is 2.72. The van der Waals surface area contributed by atoms with Crippen molar-refractivity contribution < 1.29 is 23.8 Å². The lowest BCUT2D eigenvalue weighted by Gasteiger charge is -2.21. The monoisotopic (exact) mass is 284 g/mol. The number of fused-ring (bicyclic) bond motifs is 1. The Labute approximate surface area is 115 Å². The molecule has 102 valence electrons. The van der Waals surface area contributed by atoms with Crippen LogP contribution in [0.1, 0.15) is 22.8 Å². The normalized spacial score (nSPS) is 13.0. The summed E-state index contributed by atoms with van der Waals surface area (Å²) < 4.78 is 15.5. The Morgan fingerprint density at radius 1 is 1.37 bits per heavy atom. The smallest absolute Gasteiger partial charge is 0.379 e. The maximum atomic E-state index is 12.0. The zero-order valence-electron chi connectivity index (χ0n) is 10.6. The van der Waals surface area contributed by atoms with Gasteiger partial charge in [-0.3, -0.25) is 4.79 Å². The first-order chi connectivity index (χ1) is 9.06. The molecular formula is C13H13ClO5. The van der Waals surface area contributed by atoms with Gasteiger partial charge in [-0.05, 0) is 25.5 Å². The van der Waals surface area contributed by atoms with Crippen molar-refractivity contribution in [3.8, 4) is 11.5 Å². The van der Waals surface area contributed by atoms with Gasteiger partial charge in [0.05, 0.1) is 11.6 Å². The summed E-state index contributed by atoms with van der Waals surface area (Å²) in [6, 6.07) is 1.47. The Morgan fingerprint density at radius 3 is 2.74 bits per heavy atom. The van der Waals surface area contributed by atoms with Gasteiger partial charge >= 0.3 is 5.97 Å². The Bertz CT molecular complexity index is 538. The molecule has 1 aliphatic rings. The van der Waals surface area contributed by atoms with Crippen LogP contribution >= 0.6 is 11.6 Å². The number of hydrogen-bond donors (Lipinski definition) is 0. The summed E-state index contributed by atoms with van der Waals surface area (Å²) in [6.07, 6.45) is 0. The number of ether oxygens (including phenoxy) is 3. The van der Waals surface area contributed by atoms with Gasteiger partial charge in [0.1, 0.15) is 13.2 Å². The van der Waals surface area contributed by atoms with Crippen molar-refractivity contribution in [1.82, 2.24) is 0 Å². The summed E-state index contributed by atoms with van der Waals surface area (Å²) in [4.78, 5) is 23.5. The van der Waals surface area contributed by atoms with Crippen LogP contribution in [0.4, 0.5) is 0 Å². The van der Waals surface area contributed by atoms with Gasteiger partial charge in [0.15, 0.2) is 11.5 Å². The average molecular weight is 285 g/mol. The van der Waals surface area contributed by atoms with Crippen molar-refractivity contribution in [2.75, 3.05) is 19.8 Å². The zero-order chi connectivity index (χ0) is 14.0. The van der Waals surface area contributed by atoms with Crippen LogP contribution in [0.15, 0.2) is 6.07 Å². The van der Waals surface area contributed by atoms with E-state index >= 15 is 0 Å². The molecule has 0 aliphatic carbocycles. The van der Waals surface area contributed by atoms with Crippen molar-refractivity contribution >= 4 is 23.4 Å². The second kappa shape index (κ2) is 5.48. The SMILES string of the molecule is CCOC(=O)C(=O)c1cc2c(c(Cl)c1C)OCCO2. The molecule has 1 aromatic rings. The van der Waals surface area contributed by atoms with Crippen LogP contribution in [-0.2, 0) is 9.53 Å². The lowest BCUT2D eigenvalue weighted by Crippen LogP contribution is -2.21. The molecule has 0 saturated heterocycles. The molecule has 1 heterocycles. The minimum atomic E-state index is -0.904. The first-order valence-electron chi connectivity index (χ1n) is 5.86. The van der Waals surface area contributed by atoms with Crippen LogP contribution in [0, 0.1) is 6.92 Å². The van der Waals surface area contributed by atoms with Crippen molar-refractivity contribution in [2.24, 2.45) is 0 Å². The fourth-order valence-electron chi connectivity index (χ4n) is 1.78. The molecule has 0 fully saturated rings. The van der Waals surface area contributed by atoms with Gasteiger partial charge in [0.2, 0.25) is 0 Å². The van der Waals surface area contributed by atoms with E-state index in [2.05, 4.69) is 0 Å². The molecule has 0 radical (unpaired) electrons. The van der Waals surface area contributed by atoms with Gasteiger partial charge in [0, 0.05) is 5.56 Å². The molecule has 0 aromatic heterocycles. The van der Waals surface area contributed by atoms with E-state index in [-0.39, 0.29) is 17.2 Å². The number of hydrogen-bond acceptors (Lipinski definition) is 5. The van der Waals surface area contributed by atoms with Crippen molar-refractivity contribution in [3.63, 3.8) is 0 Å². The highest BCUT2D eigenvalue weighted by Crippen LogP contribution is 2.41. The number of rotatable bonds is 3. The second-order valence-electron chi connectivity index (χ2n) is 3.94. The van der Waals surface area contributed by atoms with Crippen LogP contribution in [-0.4, -0.2) is 31.6 Å². The molecule has 0 saturated carbocycles. The van der Waals surface area contributed by atoms with Gasteiger partial charge in [-0.2, -0.15) is 0 Å². The molecule has 6 heteroatoms. The van der Waals surface area contributed by atoms with E-state index in [1.165, 1.54) is 6.07 Å². The number of ketones is 1. The molecule has 1 aliphatic heterocycles. The summed E-state index contributed by atoms with van der Waals surface area (Å²) >= 11 is 6.13. The molecule has 5 nitrogen and oxygen atoms in total. The van der Waals surface area contributed by atoms with Gasteiger partial charge < -0.3 is 14.2 Å². The third kappa shape index (κ3) is 2.51. The number of Topliss-reactive ketones (excluding diaryl/α,β-unsaturated/α-hetero) is 1. The van der Waals surface area contributed by atoms with Crippen molar-refractivity contribution in [2.45, 2.75) is 13.8 Å². The van der Waals surface area contributed by atoms with E-state index in [0.717, 1.165) is 0 Å². The summed E-state index contributed by atoms with van der Waals surface area (Å²) in [5.74, 6) is -0.864. The number of benzene rings is 1. The average Bonchev–Trinajstić information content (AvgIpc) is 2.42. The van der Waals surface area contributed by atoms with Crippen LogP contribution in [0.2, 0.25) is 5.02 Å². The third-order valence-corrected chi connectivity index (χ3v) is 3.18. The lowest BCUT2D eigenvalue weighted by atomic mass is 10.0. The van der Waals surface area contributed by atoms with Crippen molar-refractivity contribution in [1.29, 1.82) is 0 Å². The first-order valence-corrected chi connectivity index (χ1v) is 6.24. The molecular weight excluding hydrogens is 272 g/mol. The van der Waals surface area contributed by atoms with Crippen LogP contribution in [0.25, 0.3) is 0 Å². The minimum Gasteiger partial charge on any atom is -0.486 e. The van der Waals surface area contributed by atoms with Gasteiger partial charge in [-0.25, -0.2) is 4.79 Å². The standard InChI is InChI=1S/C13H13ClO5/c1-3-17-13(16)11(15)8-6-9-12(10(14)7(8)2)19-5-4-18-9/h6H,3-5H2,1-2H3. The fraction of sp³-hybridized carbons (Fsp3) is 0.385. The number of esters is 1. The topological polar surface area (TPSA) is 61.8 Å². The quantitative estimate of drug-likeness (QED) is 0.483. The van der Waals surface area contributed by atoms with Gasteiger partial charge in [-0.15, -0.1) is 0 Å². The summed E-state index contributed by atoms with van der Waals surface area (Å²) in [6.45, 7) is 4.19. The second-order valence-corrected chi connectivity index (χ2v) is 4.31. The Balaban J connectivity index is 2.44. The predicted molar refractivity (Wildman–Crippen MR) is 68.1 cm³/mol. The summed E-state index contributed by atoms with van der Waals surface area (Å²) in [5.41, 5.74) is 0.650. The number of carbonyl (C=O) groups is 2. The van der Waals surface area contributed by atoms with E-state index < -0.39 is 11.8 Å². The lowest BCUT2D eigenvalue weighted by molar-refractivity contribution is -0.137. The molecule has 0 bridgehead atoms. The van der Waals surface area contributed by atoms with E-state index in [1.54, 1.807) is 13.8 Å². The molecule has 0 amide bonds. The Hall–Kier alpha value is -1.75. The highest BCUT2D eigenvalue weighted by Gasteiger charge is 2.26. The van der Waals surface area contributed by atoms with Crippen LogP contribution < -0.4 is 9.47 Å². The molecule has 1 aromatic carbocycles. The number of carbonyl (C=O) groups excluding carboxylic acids is 2. The van der Waals surface area contributed by atoms with Gasteiger partial charge in [-0.1, -0.05) is 11.6 Å². The highest BCUT2D eigenvalue weighted by molar-refractivity contribution is 6.42. The maximum Gasteiger partial charge on any atom is 0.379 e. The Morgan fingerprint density at radius 2 is 2.05 bits per heavy atom. The highest BCUT2D eigenvalue weighted by atomic mass is 35.5. The first kappa shape index (κ1) is 13.7. The molecule has 19 heavy (non-hydrogen) atoms. The van der Waals surface area contributed by atoms with E-state index in [1.807, 2.05) is 0 Å². The van der Waals surface area contributed by atoms with E-state index in [9.17, 15) is 9.59 Å². The summed E-state index contributed by atoms with van der Waals surface area (Å²) in [5, 5.41) is 0.282. The van der Waals surface area contributed by atoms with Crippen LogP contribution in [0.5, 0.6) is 11.5 Å². The maximum absolute atomic E-state index is 12.0. The molecule has 0 N–H and O–H groups in total. The van der Waals surface area contributed by atoms with E-state index in [0.29, 0.717) is 30.3 Å². The van der Waals surface area contributed by atoms with Crippen LogP contribution in [0.3, 0.4) is 0 Å². The fourth-order valence-corrected chi connectivity index (χ4v) is 2.03. The molecule has 0 spiro atoms. The van der Waals surface area contributed by atoms with E-state index in [4.69, 9.17) is 25.8 Å². The zero-order valence-corrected chi connectivity index (χ0v) is 11.4.